The fraction of sp³-hybridized carbons (Fsp3) is 0. The molecule has 8 heteroatoms. The molecule has 6 nitrogen and oxygen atoms in total. The first kappa shape index (κ1) is 17.1. The van der Waals surface area contributed by atoms with Crippen LogP contribution in [0.25, 0.3) is 6.08 Å². The second kappa shape index (κ2) is 7.35. The molecule has 2 aromatic rings. The topological polar surface area (TPSA) is 96.0 Å². The zero-order valence-electron chi connectivity index (χ0n) is 12.0. The number of nitrogens with one attached hydrogen (secondary N) is 1. The van der Waals surface area contributed by atoms with Crippen LogP contribution in [0.1, 0.15) is 5.56 Å². The minimum absolute atomic E-state index is 0.155. The molecular formula is C16H9ClFN3O3. The van der Waals surface area contributed by atoms with Crippen LogP contribution in [0.2, 0.25) is 5.02 Å². The highest BCUT2D eigenvalue weighted by Crippen LogP contribution is 2.24. The molecule has 2 aromatic carbocycles. The number of nitro benzene ring substituents is 1. The Morgan fingerprint density at radius 2 is 1.96 bits per heavy atom. The van der Waals surface area contributed by atoms with E-state index in [1.807, 2.05) is 0 Å². The van der Waals surface area contributed by atoms with Crippen molar-refractivity contribution in [2.75, 3.05) is 5.32 Å². The van der Waals surface area contributed by atoms with Gasteiger partial charge >= 0.3 is 0 Å². The highest BCUT2D eigenvalue weighted by atomic mass is 35.5. The van der Waals surface area contributed by atoms with Crippen LogP contribution in [0.4, 0.5) is 15.8 Å². The summed E-state index contributed by atoms with van der Waals surface area (Å²) in [6.45, 7) is 0. The van der Waals surface area contributed by atoms with E-state index in [1.54, 1.807) is 6.07 Å². The second-order valence-corrected chi connectivity index (χ2v) is 5.00. The van der Waals surface area contributed by atoms with Gasteiger partial charge in [0.25, 0.3) is 11.6 Å². The summed E-state index contributed by atoms with van der Waals surface area (Å²) in [6.07, 6.45) is 1.15. The number of hydrogen-bond donors (Lipinski definition) is 1. The second-order valence-electron chi connectivity index (χ2n) is 4.59. The number of non-ortho nitro benzene ring substituents is 1. The average Bonchev–Trinajstić information content (AvgIpc) is 2.55. The number of nitrogens with zero attached hydrogens (tertiary/aromatic N) is 2. The molecule has 0 aliphatic carbocycles. The third kappa shape index (κ3) is 4.15. The fourth-order valence-corrected chi connectivity index (χ4v) is 1.96. The van der Waals surface area contributed by atoms with E-state index in [2.05, 4.69) is 5.32 Å². The normalized spacial score (nSPS) is 10.8. The number of hydrogen-bond acceptors (Lipinski definition) is 4. The van der Waals surface area contributed by atoms with Crippen LogP contribution in [-0.2, 0) is 4.79 Å². The molecule has 0 aliphatic rings. The van der Waals surface area contributed by atoms with Crippen molar-refractivity contribution in [2.24, 2.45) is 0 Å². The SMILES string of the molecule is N#C/C(=C\c1cc([N+](=O)[O-])ccc1Cl)C(=O)Nc1ccc(F)cc1. The van der Waals surface area contributed by atoms with E-state index in [0.717, 1.165) is 24.3 Å². The molecule has 1 amide bonds. The molecule has 0 aliphatic heterocycles. The molecule has 24 heavy (non-hydrogen) atoms. The van der Waals surface area contributed by atoms with Crippen LogP contribution in [-0.4, -0.2) is 10.8 Å². The van der Waals surface area contributed by atoms with Gasteiger partial charge in [0.1, 0.15) is 17.5 Å². The van der Waals surface area contributed by atoms with E-state index < -0.39 is 16.6 Å². The van der Waals surface area contributed by atoms with Gasteiger partial charge < -0.3 is 5.32 Å². The number of rotatable bonds is 4. The Labute approximate surface area is 140 Å². The summed E-state index contributed by atoms with van der Waals surface area (Å²) in [7, 11) is 0. The quantitative estimate of drug-likeness (QED) is 0.393. The summed E-state index contributed by atoms with van der Waals surface area (Å²) in [5, 5.41) is 22.5. The van der Waals surface area contributed by atoms with Crippen LogP contribution in [0.3, 0.4) is 0 Å². The molecular weight excluding hydrogens is 337 g/mol. The Morgan fingerprint density at radius 3 is 2.54 bits per heavy atom. The molecule has 0 unspecified atom stereocenters. The predicted octanol–water partition coefficient (Wildman–Crippen LogP) is 3.93. The van der Waals surface area contributed by atoms with Gasteiger partial charge in [0.05, 0.1) is 4.92 Å². The van der Waals surface area contributed by atoms with Crippen molar-refractivity contribution in [3.63, 3.8) is 0 Å². The number of nitriles is 1. The number of carbonyl (C=O) groups excluding carboxylic acids is 1. The molecule has 120 valence electrons. The van der Waals surface area contributed by atoms with E-state index in [1.165, 1.54) is 24.3 Å². The highest BCUT2D eigenvalue weighted by molar-refractivity contribution is 6.32. The number of halogens is 2. The Bertz CT molecular complexity index is 873. The lowest BCUT2D eigenvalue weighted by Crippen LogP contribution is -2.13. The van der Waals surface area contributed by atoms with Gasteiger partial charge in [-0.3, -0.25) is 14.9 Å². The molecule has 2 rings (SSSR count). The molecule has 1 N–H and O–H groups in total. The van der Waals surface area contributed by atoms with Crippen molar-refractivity contribution < 1.29 is 14.1 Å². The largest absolute Gasteiger partial charge is 0.321 e. The van der Waals surface area contributed by atoms with Gasteiger partial charge in [0.2, 0.25) is 0 Å². The van der Waals surface area contributed by atoms with Gasteiger partial charge in [-0.25, -0.2) is 4.39 Å². The van der Waals surface area contributed by atoms with Crippen molar-refractivity contribution in [1.82, 2.24) is 0 Å². The predicted molar refractivity (Wildman–Crippen MR) is 86.7 cm³/mol. The number of carbonyl (C=O) groups is 1. The van der Waals surface area contributed by atoms with Crippen molar-refractivity contribution in [3.05, 3.63) is 74.6 Å². The molecule has 0 spiro atoms. The minimum Gasteiger partial charge on any atom is -0.321 e. The van der Waals surface area contributed by atoms with Crippen molar-refractivity contribution >= 4 is 35.0 Å². The maximum atomic E-state index is 12.8. The van der Waals surface area contributed by atoms with E-state index in [0.29, 0.717) is 5.69 Å². The Kier molecular flexibility index (Phi) is 5.24. The Balaban J connectivity index is 2.30. The Hall–Kier alpha value is -3.24. The lowest BCUT2D eigenvalue weighted by Gasteiger charge is -2.05. The summed E-state index contributed by atoms with van der Waals surface area (Å²) in [4.78, 5) is 22.3. The monoisotopic (exact) mass is 345 g/mol. The molecule has 0 atom stereocenters. The number of amides is 1. The van der Waals surface area contributed by atoms with Crippen molar-refractivity contribution in [1.29, 1.82) is 5.26 Å². The number of benzene rings is 2. The van der Waals surface area contributed by atoms with Crippen LogP contribution < -0.4 is 5.32 Å². The first-order valence-corrected chi connectivity index (χ1v) is 6.91. The molecule has 0 fully saturated rings. The van der Waals surface area contributed by atoms with Gasteiger partial charge in [-0.15, -0.1) is 0 Å². The third-order valence-electron chi connectivity index (χ3n) is 2.96. The standard InChI is InChI=1S/C16H9ClFN3O3/c17-15-6-5-14(21(23)24)8-10(15)7-11(9-19)16(22)20-13-3-1-12(18)2-4-13/h1-8H,(H,20,22)/b11-7+. The van der Waals surface area contributed by atoms with Crippen LogP contribution >= 0.6 is 11.6 Å². The number of anilines is 1. The van der Waals surface area contributed by atoms with E-state index >= 15 is 0 Å². The lowest BCUT2D eigenvalue weighted by atomic mass is 10.1. The zero-order chi connectivity index (χ0) is 17.7. The maximum Gasteiger partial charge on any atom is 0.270 e. The molecule has 0 radical (unpaired) electrons. The van der Waals surface area contributed by atoms with Crippen LogP contribution in [0.15, 0.2) is 48.0 Å². The highest BCUT2D eigenvalue weighted by Gasteiger charge is 2.13. The van der Waals surface area contributed by atoms with Gasteiger partial charge in [-0.05, 0) is 36.4 Å². The van der Waals surface area contributed by atoms with E-state index in [-0.39, 0.29) is 21.8 Å². The van der Waals surface area contributed by atoms with Crippen molar-refractivity contribution in [2.45, 2.75) is 0 Å². The molecule has 0 saturated carbocycles. The summed E-state index contributed by atoms with van der Waals surface area (Å²) in [5.41, 5.74) is -0.0621. The molecule has 0 aromatic heterocycles. The van der Waals surface area contributed by atoms with Crippen molar-refractivity contribution in [3.8, 4) is 6.07 Å². The van der Waals surface area contributed by atoms with Gasteiger partial charge in [0.15, 0.2) is 0 Å². The summed E-state index contributed by atoms with van der Waals surface area (Å²) in [5.74, 6) is -1.21. The summed E-state index contributed by atoms with van der Waals surface area (Å²) < 4.78 is 12.8. The fourth-order valence-electron chi connectivity index (χ4n) is 1.79. The van der Waals surface area contributed by atoms with Crippen LogP contribution in [0.5, 0.6) is 0 Å². The lowest BCUT2D eigenvalue weighted by molar-refractivity contribution is -0.384. The smallest absolute Gasteiger partial charge is 0.270 e. The number of nitro groups is 1. The first-order chi connectivity index (χ1) is 11.4. The van der Waals surface area contributed by atoms with Gasteiger partial charge in [0, 0.05) is 28.4 Å². The molecule has 0 heterocycles. The zero-order valence-corrected chi connectivity index (χ0v) is 12.7. The van der Waals surface area contributed by atoms with Gasteiger partial charge in [-0.1, -0.05) is 11.6 Å². The summed E-state index contributed by atoms with van der Waals surface area (Å²) in [6, 6.07) is 10.4. The molecule has 0 saturated heterocycles. The third-order valence-corrected chi connectivity index (χ3v) is 3.30. The average molecular weight is 346 g/mol. The van der Waals surface area contributed by atoms with E-state index in [9.17, 15) is 19.3 Å². The van der Waals surface area contributed by atoms with E-state index in [4.69, 9.17) is 16.9 Å². The molecule has 0 bridgehead atoms. The summed E-state index contributed by atoms with van der Waals surface area (Å²) >= 11 is 5.93. The maximum absolute atomic E-state index is 12.8. The Morgan fingerprint density at radius 1 is 1.29 bits per heavy atom. The minimum atomic E-state index is -0.744. The first-order valence-electron chi connectivity index (χ1n) is 6.53. The van der Waals surface area contributed by atoms with Gasteiger partial charge in [-0.2, -0.15) is 5.26 Å². The van der Waals surface area contributed by atoms with Crippen LogP contribution in [0, 0.1) is 27.3 Å².